The summed E-state index contributed by atoms with van der Waals surface area (Å²) in [4.78, 5) is 23.6. The molecule has 2 amide bonds. The Morgan fingerprint density at radius 3 is 2.82 bits per heavy atom. The SMILES string of the molecule is Cc1cccc(C(=O)Nc2cc3c(cc2F)CCC(=O)N3)c1. The van der Waals surface area contributed by atoms with Crippen LogP contribution in [0.2, 0.25) is 0 Å². The zero-order chi connectivity index (χ0) is 15.7. The Balaban J connectivity index is 1.87. The second-order valence-electron chi connectivity index (χ2n) is 5.36. The van der Waals surface area contributed by atoms with Gasteiger partial charge in [0, 0.05) is 17.7 Å². The van der Waals surface area contributed by atoms with Crippen LogP contribution in [0.25, 0.3) is 0 Å². The van der Waals surface area contributed by atoms with Crippen molar-refractivity contribution in [2.75, 3.05) is 10.6 Å². The van der Waals surface area contributed by atoms with Gasteiger partial charge in [-0.25, -0.2) is 4.39 Å². The number of carbonyl (C=O) groups is 2. The largest absolute Gasteiger partial charge is 0.326 e. The number of carbonyl (C=O) groups excluding carboxylic acids is 2. The molecule has 0 spiro atoms. The van der Waals surface area contributed by atoms with Gasteiger partial charge in [0.25, 0.3) is 5.91 Å². The van der Waals surface area contributed by atoms with E-state index in [0.717, 1.165) is 11.1 Å². The van der Waals surface area contributed by atoms with Gasteiger partial charge in [-0.2, -0.15) is 0 Å². The minimum Gasteiger partial charge on any atom is -0.326 e. The van der Waals surface area contributed by atoms with Crippen molar-refractivity contribution in [2.45, 2.75) is 19.8 Å². The standard InChI is InChI=1S/C17H15FN2O2/c1-10-3-2-4-12(7-10)17(22)20-15-9-14-11(8-13(15)18)5-6-16(21)19-14/h2-4,7-9H,5-6H2,1H3,(H,19,21)(H,20,22). The highest BCUT2D eigenvalue weighted by Crippen LogP contribution is 2.28. The molecule has 22 heavy (non-hydrogen) atoms. The van der Waals surface area contributed by atoms with Crippen molar-refractivity contribution in [2.24, 2.45) is 0 Å². The number of nitrogens with one attached hydrogen (secondary N) is 2. The van der Waals surface area contributed by atoms with E-state index in [1.165, 1.54) is 12.1 Å². The molecule has 4 nitrogen and oxygen atoms in total. The van der Waals surface area contributed by atoms with E-state index in [4.69, 9.17) is 0 Å². The Labute approximate surface area is 127 Å². The number of amides is 2. The van der Waals surface area contributed by atoms with Crippen LogP contribution in [0.15, 0.2) is 36.4 Å². The molecule has 1 aliphatic heterocycles. The fourth-order valence-corrected chi connectivity index (χ4v) is 2.48. The molecular formula is C17H15FN2O2. The Morgan fingerprint density at radius 2 is 2.05 bits per heavy atom. The minimum absolute atomic E-state index is 0.0625. The Hall–Kier alpha value is -2.69. The maximum atomic E-state index is 14.1. The van der Waals surface area contributed by atoms with Gasteiger partial charge >= 0.3 is 0 Å². The number of hydrogen-bond acceptors (Lipinski definition) is 2. The molecule has 5 heteroatoms. The second kappa shape index (κ2) is 5.60. The van der Waals surface area contributed by atoms with Crippen LogP contribution in [-0.4, -0.2) is 11.8 Å². The van der Waals surface area contributed by atoms with Crippen LogP contribution >= 0.6 is 0 Å². The molecule has 0 aliphatic carbocycles. The smallest absolute Gasteiger partial charge is 0.255 e. The first-order valence-electron chi connectivity index (χ1n) is 7.03. The molecule has 2 aromatic rings. The molecule has 0 fully saturated rings. The molecule has 112 valence electrons. The van der Waals surface area contributed by atoms with Crippen LogP contribution < -0.4 is 10.6 Å². The Morgan fingerprint density at radius 1 is 1.23 bits per heavy atom. The van der Waals surface area contributed by atoms with E-state index in [-0.39, 0.29) is 17.5 Å². The van der Waals surface area contributed by atoms with Crippen molar-refractivity contribution in [3.63, 3.8) is 0 Å². The molecule has 0 aromatic heterocycles. The molecule has 0 unspecified atom stereocenters. The van der Waals surface area contributed by atoms with E-state index in [0.29, 0.717) is 24.1 Å². The van der Waals surface area contributed by atoms with Crippen molar-refractivity contribution in [3.05, 3.63) is 58.9 Å². The van der Waals surface area contributed by atoms with Crippen LogP contribution in [0.3, 0.4) is 0 Å². The summed E-state index contributed by atoms with van der Waals surface area (Å²) in [5, 5.41) is 5.25. The van der Waals surface area contributed by atoms with E-state index in [9.17, 15) is 14.0 Å². The number of benzene rings is 2. The van der Waals surface area contributed by atoms with Crippen LogP contribution in [0.1, 0.15) is 27.9 Å². The molecular weight excluding hydrogens is 283 g/mol. The maximum absolute atomic E-state index is 14.1. The normalized spacial score (nSPS) is 13.3. The highest BCUT2D eigenvalue weighted by Gasteiger charge is 2.18. The third kappa shape index (κ3) is 2.83. The summed E-state index contributed by atoms with van der Waals surface area (Å²) in [7, 11) is 0. The molecule has 3 rings (SSSR count). The summed E-state index contributed by atoms with van der Waals surface area (Å²) < 4.78 is 14.1. The molecule has 0 radical (unpaired) electrons. The first kappa shape index (κ1) is 14.3. The number of halogens is 1. The lowest BCUT2D eigenvalue weighted by molar-refractivity contribution is -0.116. The van der Waals surface area contributed by atoms with Gasteiger partial charge in [0.05, 0.1) is 5.69 Å². The lowest BCUT2D eigenvalue weighted by atomic mass is 10.0. The number of rotatable bonds is 2. The number of aryl methyl sites for hydroxylation is 2. The predicted octanol–water partition coefficient (Wildman–Crippen LogP) is 3.27. The van der Waals surface area contributed by atoms with Crippen LogP contribution in [0, 0.1) is 12.7 Å². The lowest BCUT2D eigenvalue weighted by Crippen LogP contribution is -2.20. The van der Waals surface area contributed by atoms with Crippen molar-refractivity contribution in [3.8, 4) is 0 Å². The predicted molar refractivity (Wildman–Crippen MR) is 82.5 cm³/mol. The molecule has 0 bridgehead atoms. The van der Waals surface area contributed by atoms with Crippen molar-refractivity contribution in [1.29, 1.82) is 0 Å². The van der Waals surface area contributed by atoms with Gasteiger partial charge in [-0.1, -0.05) is 17.7 Å². The Bertz CT molecular complexity index is 771. The minimum atomic E-state index is -0.504. The van der Waals surface area contributed by atoms with E-state index in [1.807, 2.05) is 13.0 Å². The topological polar surface area (TPSA) is 58.2 Å². The number of fused-ring (bicyclic) bond motifs is 1. The van der Waals surface area contributed by atoms with E-state index in [1.54, 1.807) is 18.2 Å². The summed E-state index contributed by atoms with van der Waals surface area (Å²) in [5.74, 6) is -0.990. The van der Waals surface area contributed by atoms with Crippen LogP contribution in [0.5, 0.6) is 0 Å². The fourth-order valence-electron chi connectivity index (χ4n) is 2.48. The van der Waals surface area contributed by atoms with Crippen molar-refractivity contribution < 1.29 is 14.0 Å². The first-order valence-corrected chi connectivity index (χ1v) is 7.03. The van der Waals surface area contributed by atoms with Gasteiger partial charge in [-0.3, -0.25) is 9.59 Å². The quantitative estimate of drug-likeness (QED) is 0.894. The third-order valence-electron chi connectivity index (χ3n) is 3.62. The van der Waals surface area contributed by atoms with Gasteiger partial charge in [-0.05, 0) is 43.2 Å². The Kier molecular flexibility index (Phi) is 3.63. The monoisotopic (exact) mass is 298 g/mol. The molecule has 2 N–H and O–H groups in total. The van der Waals surface area contributed by atoms with Crippen molar-refractivity contribution >= 4 is 23.2 Å². The van der Waals surface area contributed by atoms with Gasteiger partial charge in [0.1, 0.15) is 5.82 Å². The van der Waals surface area contributed by atoms with E-state index in [2.05, 4.69) is 10.6 Å². The van der Waals surface area contributed by atoms with Gasteiger partial charge < -0.3 is 10.6 Å². The third-order valence-corrected chi connectivity index (χ3v) is 3.62. The zero-order valence-corrected chi connectivity index (χ0v) is 12.1. The molecule has 0 saturated heterocycles. The molecule has 0 atom stereocenters. The van der Waals surface area contributed by atoms with Gasteiger partial charge in [0.15, 0.2) is 0 Å². The van der Waals surface area contributed by atoms with Crippen LogP contribution in [-0.2, 0) is 11.2 Å². The average molecular weight is 298 g/mol. The molecule has 1 aliphatic rings. The molecule has 1 heterocycles. The summed E-state index contributed by atoms with van der Waals surface area (Å²) in [6, 6.07) is 9.88. The molecule has 0 saturated carbocycles. The second-order valence-corrected chi connectivity index (χ2v) is 5.36. The summed E-state index contributed by atoms with van der Waals surface area (Å²) in [5.41, 5.74) is 2.77. The summed E-state index contributed by atoms with van der Waals surface area (Å²) >= 11 is 0. The lowest BCUT2D eigenvalue weighted by Gasteiger charge is -2.18. The number of anilines is 2. The van der Waals surface area contributed by atoms with Crippen molar-refractivity contribution in [1.82, 2.24) is 0 Å². The first-order chi connectivity index (χ1) is 10.5. The zero-order valence-electron chi connectivity index (χ0n) is 12.1. The van der Waals surface area contributed by atoms with Crippen LogP contribution in [0.4, 0.5) is 15.8 Å². The van der Waals surface area contributed by atoms with Gasteiger partial charge in [-0.15, -0.1) is 0 Å². The summed E-state index contributed by atoms with van der Waals surface area (Å²) in [6.45, 7) is 1.88. The molecule has 2 aromatic carbocycles. The van der Waals surface area contributed by atoms with Gasteiger partial charge in [0.2, 0.25) is 5.91 Å². The maximum Gasteiger partial charge on any atom is 0.255 e. The highest BCUT2D eigenvalue weighted by molar-refractivity contribution is 6.05. The van der Waals surface area contributed by atoms with E-state index < -0.39 is 5.82 Å². The van der Waals surface area contributed by atoms with E-state index >= 15 is 0 Å². The summed E-state index contributed by atoms with van der Waals surface area (Å²) in [6.07, 6.45) is 0.853. The highest BCUT2D eigenvalue weighted by atomic mass is 19.1. The fraction of sp³-hybridized carbons (Fsp3) is 0.176. The number of hydrogen-bond donors (Lipinski definition) is 2. The average Bonchev–Trinajstić information content (AvgIpc) is 2.48.